The van der Waals surface area contributed by atoms with Crippen LogP contribution in [0.15, 0.2) is 36.4 Å². The van der Waals surface area contributed by atoms with E-state index in [-0.39, 0.29) is 23.4 Å². The highest BCUT2D eigenvalue weighted by atomic mass is 32.2. The SMILES string of the molecule is CS(=O)(=O)N[C@@H]1[C@H](Cc2cccc(-c3cc(F)cc(F)c3)n2)N(C(=O)C2CCO2)CC1(F)F. The van der Waals surface area contributed by atoms with Crippen LogP contribution < -0.4 is 4.72 Å². The van der Waals surface area contributed by atoms with Gasteiger partial charge in [-0.3, -0.25) is 9.78 Å². The van der Waals surface area contributed by atoms with E-state index in [4.69, 9.17) is 4.74 Å². The third-order valence-corrected chi connectivity index (χ3v) is 6.29. The summed E-state index contributed by atoms with van der Waals surface area (Å²) < 4.78 is 87.6. The fourth-order valence-corrected chi connectivity index (χ4v) is 4.85. The minimum atomic E-state index is -4.03. The average molecular weight is 487 g/mol. The first kappa shape index (κ1) is 23.6. The molecule has 0 aliphatic carbocycles. The number of nitrogens with one attached hydrogen (secondary N) is 1. The first-order valence-electron chi connectivity index (χ1n) is 10.1. The number of alkyl halides is 2. The Kier molecular flexibility index (Phi) is 6.18. The van der Waals surface area contributed by atoms with E-state index in [9.17, 15) is 30.8 Å². The summed E-state index contributed by atoms with van der Waals surface area (Å²) in [6.07, 6.45) is 0.0791. The fraction of sp³-hybridized carbons (Fsp3) is 0.429. The predicted octanol–water partition coefficient (Wildman–Crippen LogP) is 2.12. The van der Waals surface area contributed by atoms with Gasteiger partial charge >= 0.3 is 0 Å². The fourth-order valence-electron chi connectivity index (χ4n) is 4.05. The maximum absolute atomic E-state index is 14.9. The number of carbonyl (C=O) groups excluding carboxylic acids is 1. The molecule has 0 saturated carbocycles. The second-order valence-electron chi connectivity index (χ2n) is 8.19. The van der Waals surface area contributed by atoms with Crippen LogP contribution in [0.2, 0.25) is 0 Å². The van der Waals surface area contributed by atoms with E-state index in [2.05, 4.69) is 4.98 Å². The maximum Gasteiger partial charge on any atom is 0.283 e. The molecule has 3 atom stereocenters. The Balaban J connectivity index is 1.68. The summed E-state index contributed by atoms with van der Waals surface area (Å²) in [7, 11) is -4.03. The number of aromatic nitrogens is 1. The first-order valence-corrected chi connectivity index (χ1v) is 12.0. The normalized spacial score (nSPS) is 24.5. The van der Waals surface area contributed by atoms with Gasteiger partial charge in [-0.25, -0.2) is 30.7 Å². The van der Waals surface area contributed by atoms with Gasteiger partial charge in [0.2, 0.25) is 10.0 Å². The monoisotopic (exact) mass is 487 g/mol. The van der Waals surface area contributed by atoms with Crippen molar-refractivity contribution in [3.05, 3.63) is 53.7 Å². The molecule has 0 spiro atoms. The van der Waals surface area contributed by atoms with Crippen molar-refractivity contribution in [3.63, 3.8) is 0 Å². The molecule has 2 aliphatic rings. The number of amides is 1. The van der Waals surface area contributed by atoms with Crippen molar-refractivity contribution < 1.29 is 35.5 Å². The van der Waals surface area contributed by atoms with Crippen LogP contribution in [0.1, 0.15) is 12.1 Å². The van der Waals surface area contributed by atoms with Crippen LogP contribution in [0.4, 0.5) is 17.6 Å². The quantitative estimate of drug-likeness (QED) is 0.631. The third kappa shape index (κ3) is 5.17. The lowest BCUT2D eigenvalue weighted by Gasteiger charge is -2.33. The van der Waals surface area contributed by atoms with Crippen LogP contribution in [-0.4, -0.2) is 67.7 Å². The molecule has 1 aromatic carbocycles. The molecule has 2 aromatic rings. The van der Waals surface area contributed by atoms with E-state index in [1.54, 1.807) is 0 Å². The lowest BCUT2D eigenvalue weighted by Crippen LogP contribution is -2.54. The number of ether oxygens (including phenoxy) is 1. The molecular formula is C21H21F4N3O4S. The first-order chi connectivity index (χ1) is 15.4. The van der Waals surface area contributed by atoms with Gasteiger partial charge in [-0.05, 0) is 24.3 Å². The molecule has 2 aliphatic heterocycles. The van der Waals surface area contributed by atoms with E-state index in [0.717, 1.165) is 23.3 Å². The topological polar surface area (TPSA) is 88.6 Å². The van der Waals surface area contributed by atoms with Gasteiger partial charge in [0.1, 0.15) is 23.8 Å². The summed E-state index contributed by atoms with van der Waals surface area (Å²) in [6.45, 7) is -0.636. The summed E-state index contributed by atoms with van der Waals surface area (Å²) in [6, 6.07) is 4.28. The molecule has 3 heterocycles. The summed E-state index contributed by atoms with van der Waals surface area (Å²) in [5.41, 5.74) is 0.587. The molecule has 4 rings (SSSR count). The van der Waals surface area contributed by atoms with Crippen LogP contribution >= 0.6 is 0 Å². The molecule has 1 N–H and O–H groups in total. The van der Waals surface area contributed by atoms with Crippen molar-refractivity contribution in [1.29, 1.82) is 0 Å². The molecule has 7 nitrogen and oxygen atoms in total. The highest BCUT2D eigenvalue weighted by Gasteiger charge is 2.57. The number of benzene rings is 1. The van der Waals surface area contributed by atoms with Crippen molar-refractivity contribution in [3.8, 4) is 11.3 Å². The van der Waals surface area contributed by atoms with Crippen LogP contribution in [0.5, 0.6) is 0 Å². The molecule has 33 heavy (non-hydrogen) atoms. The van der Waals surface area contributed by atoms with Gasteiger partial charge in [0, 0.05) is 30.2 Å². The Morgan fingerprint density at radius 2 is 1.91 bits per heavy atom. The zero-order valence-corrected chi connectivity index (χ0v) is 18.3. The molecule has 1 amide bonds. The number of pyridine rings is 1. The van der Waals surface area contributed by atoms with Gasteiger partial charge in [-0.15, -0.1) is 0 Å². The third-order valence-electron chi connectivity index (χ3n) is 5.60. The molecule has 0 radical (unpaired) electrons. The molecule has 1 aromatic heterocycles. The highest BCUT2D eigenvalue weighted by molar-refractivity contribution is 7.88. The van der Waals surface area contributed by atoms with Gasteiger partial charge < -0.3 is 9.64 Å². The van der Waals surface area contributed by atoms with Gasteiger partial charge in [-0.2, -0.15) is 0 Å². The second kappa shape index (κ2) is 8.65. The maximum atomic E-state index is 14.9. The minimum absolute atomic E-state index is 0.146. The second-order valence-corrected chi connectivity index (χ2v) is 9.97. The summed E-state index contributed by atoms with van der Waals surface area (Å²) in [5.74, 6) is -5.78. The van der Waals surface area contributed by atoms with E-state index < -0.39 is 58.2 Å². The zero-order valence-electron chi connectivity index (χ0n) is 17.5. The van der Waals surface area contributed by atoms with Crippen molar-refractivity contribution in [2.45, 2.75) is 37.0 Å². The van der Waals surface area contributed by atoms with Crippen molar-refractivity contribution in [1.82, 2.24) is 14.6 Å². The molecule has 12 heteroatoms. The lowest BCUT2D eigenvalue weighted by atomic mass is 10.0. The van der Waals surface area contributed by atoms with Gasteiger partial charge in [-0.1, -0.05) is 6.07 Å². The molecule has 1 unspecified atom stereocenters. The van der Waals surface area contributed by atoms with Crippen molar-refractivity contribution in [2.75, 3.05) is 19.4 Å². The van der Waals surface area contributed by atoms with Crippen LogP contribution in [0.3, 0.4) is 0 Å². The number of carbonyl (C=O) groups is 1. The van der Waals surface area contributed by atoms with Gasteiger partial charge in [0.25, 0.3) is 11.8 Å². The lowest BCUT2D eigenvalue weighted by molar-refractivity contribution is -0.158. The Morgan fingerprint density at radius 1 is 1.24 bits per heavy atom. The number of nitrogens with zero attached hydrogens (tertiary/aromatic N) is 2. The predicted molar refractivity (Wildman–Crippen MR) is 110 cm³/mol. The number of hydrogen-bond acceptors (Lipinski definition) is 5. The van der Waals surface area contributed by atoms with Gasteiger partial charge in [0.15, 0.2) is 0 Å². The van der Waals surface area contributed by atoms with Crippen molar-refractivity contribution in [2.24, 2.45) is 0 Å². The van der Waals surface area contributed by atoms with Crippen LogP contribution in [0.25, 0.3) is 11.3 Å². The molecule has 178 valence electrons. The highest BCUT2D eigenvalue weighted by Crippen LogP contribution is 2.36. The van der Waals surface area contributed by atoms with E-state index >= 15 is 0 Å². The standard InChI is InChI=1S/C21H21F4N3O4S/c1-33(30,31)27-19-17(28(11-21(19,24)25)20(29)18-5-6-32-18)10-15-3-2-4-16(26-15)12-7-13(22)9-14(23)8-12/h2-4,7-9,17-19,27H,5-6,10-11H2,1H3/t17-,18?,19+/m0/s1. The Bertz CT molecular complexity index is 1150. The van der Waals surface area contributed by atoms with Crippen LogP contribution in [0, 0.1) is 11.6 Å². The smallest absolute Gasteiger partial charge is 0.283 e. The Hall–Kier alpha value is -2.57. The summed E-state index contributed by atoms with van der Waals surface area (Å²) in [5, 5.41) is 0. The number of likely N-dealkylation sites (tertiary alicyclic amines) is 1. The summed E-state index contributed by atoms with van der Waals surface area (Å²) >= 11 is 0. The number of sulfonamides is 1. The average Bonchev–Trinajstić information content (AvgIpc) is 2.89. The van der Waals surface area contributed by atoms with Crippen LogP contribution in [-0.2, 0) is 26.0 Å². The molecule has 0 bridgehead atoms. The molecule has 2 saturated heterocycles. The summed E-state index contributed by atoms with van der Waals surface area (Å²) in [4.78, 5) is 18.0. The zero-order chi connectivity index (χ0) is 24.0. The Labute approximate surface area is 187 Å². The largest absolute Gasteiger partial charge is 0.368 e. The molecular weight excluding hydrogens is 466 g/mol. The van der Waals surface area contributed by atoms with E-state index in [0.29, 0.717) is 19.1 Å². The van der Waals surface area contributed by atoms with E-state index in [1.807, 2.05) is 4.72 Å². The number of halogens is 4. The van der Waals surface area contributed by atoms with E-state index in [1.165, 1.54) is 18.2 Å². The number of rotatable bonds is 6. The molecule has 2 fully saturated rings. The minimum Gasteiger partial charge on any atom is -0.368 e. The van der Waals surface area contributed by atoms with Gasteiger partial charge in [0.05, 0.1) is 31.1 Å². The van der Waals surface area contributed by atoms with Crippen molar-refractivity contribution >= 4 is 15.9 Å². The Morgan fingerprint density at radius 3 is 2.48 bits per heavy atom. The number of hydrogen-bond donors (Lipinski definition) is 1.